The molecular formula is C17H25FN2O3. The van der Waals surface area contributed by atoms with Gasteiger partial charge >= 0.3 is 0 Å². The summed E-state index contributed by atoms with van der Waals surface area (Å²) in [7, 11) is 1.82. The van der Waals surface area contributed by atoms with Gasteiger partial charge in [0.1, 0.15) is 5.82 Å². The van der Waals surface area contributed by atoms with Crippen molar-refractivity contribution in [3.05, 3.63) is 30.1 Å². The Bertz CT molecular complexity index is 548. The van der Waals surface area contributed by atoms with E-state index in [1.807, 2.05) is 11.9 Å². The zero-order valence-electron chi connectivity index (χ0n) is 13.7. The Balaban J connectivity index is 2.13. The van der Waals surface area contributed by atoms with E-state index in [1.54, 1.807) is 24.0 Å². The van der Waals surface area contributed by atoms with Crippen molar-refractivity contribution in [2.45, 2.75) is 25.8 Å². The quantitative estimate of drug-likeness (QED) is 0.826. The van der Waals surface area contributed by atoms with Crippen LogP contribution in [-0.4, -0.2) is 60.4 Å². The molecular weight excluding hydrogens is 299 g/mol. The molecule has 2 rings (SSSR count). The average Bonchev–Trinajstić information content (AvgIpc) is 2.54. The molecule has 0 aromatic heterocycles. The first kappa shape index (κ1) is 17.8. The molecule has 1 aromatic rings. The van der Waals surface area contributed by atoms with Gasteiger partial charge in [0.25, 0.3) is 0 Å². The maximum Gasteiger partial charge on any atom is 0.244 e. The minimum Gasteiger partial charge on any atom is -0.396 e. The van der Waals surface area contributed by atoms with E-state index in [2.05, 4.69) is 0 Å². The van der Waals surface area contributed by atoms with Crippen LogP contribution >= 0.6 is 0 Å². The molecule has 1 unspecified atom stereocenters. The van der Waals surface area contributed by atoms with Gasteiger partial charge in [0.15, 0.2) is 0 Å². The van der Waals surface area contributed by atoms with E-state index in [0.29, 0.717) is 25.2 Å². The average molecular weight is 324 g/mol. The van der Waals surface area contributed by atoms with Crippen molar-refractivity contribution < 1.29 is 19.4 Å². The summed E-state index contributed by atoms with van der Waals surface area (Å²) in [6, 6.07) is 5.72. The Hall–Kier alpha value is -1.50. The number of hydrogen-bond donors (Lipinski definition) is 2. The third-order valence-corrected chi connectivity index (χ3v) is 4.46. The van der Waals surface area contributed by atoms with Crippen molar-refractivity contribution in [3.63, 3.8) is 0 Å². The van der Waals surface area contributed by atoms with Crippen LogP contribution in [0.1, 0.15) is 19.8 Å². The second kappa shape index (κ2) is 7.38. The van der Waals surface area contributed by atoms with Gasteiger partial charge in [0.2, 0.25) is 5.91 Å². The van der Waals surface area contributed by atoms with Gasteiger partial charge in [-0.2, -0.15) is 0 Å². The van der Waals surface area contributed by atoms with Crippen LogP contribution < -0.4 is 4.90 Å². The van der Waals surface area contributed by atoms with E-state index in [1.165, 1.54) is 12.1 Å². The molecule has 6 heteroatoms. The first-order chi connectivity index (χ1) is 10.9. The summed E-state index contributed by atoms with van der Waals surface area (Å²) in [5.41, 5.74) is -0.0870. The van der Waals surface area contributed by atoms with Gasteiger partial charge in [-0.15, -0.1) is 0 Å². The molecule has 1 aromatic carbocycles. The van der Waals surface area contributed by atoms with Crippen LogP contribution in [0.4, 0.5) is 10.1 Å². The highest BCUT2D eigenvalue weighted by molar-refractivity contribution is 5.97. The molecule has 0 saturated carbocycles. The summed E-state index contributed by atoms with van der Waals surface area (Å²) >= 11 is 0. The molecule has 0 bridgehead atoms. The largest absolute Gasteiger partial charge is 0.396 e. The topological polar surface area (TPSA) is 64.0 Å². The van der Waals surface area contributed by atoms with Gasteiger partial charge in [-0.3, -0.25) is 9.69 Å². The number of hydrogen-bond acceptors (Lipinski definition) is 4. The number of carbonyl (C=O) groups is 1. The van der Waals surface area contributed by atoms with Crippen LogP contribution in [0.15, 0.2) is 24.3 Å². The molecule has 2 N–H and O–H groups in total. The lowest BCUT2D eigenvalue weighted by molar-refractivity contribution is -0.125. The third-order valence-electron chi connectivity index (χ3n) is 4.46. The van der Waals surface area contributed by atoms with Gasteiger partial charge in [-0.25, -0.2) is 4.39 Å². The van der Waals surface area contributed by atoms with Crippen LogP contribution in [-0.2, 0) is 4.79 Å². The SMILES string of the molecule is CN(CC(C)(CO)CO)C1CCCN(c2cccc(F)c2)C1=O. The first-order valence-corrected chi connectivity index (χ1v) is 7.89. The molecule has 0 radical (unpaired) electrons. The number of aliphatic hydroxyl groups excluding tert-OH is 2. The molecule has 1 saturated heterocycles. The predicted octanol–water partition coefficient (Wildman–Crippen LogP) is 1.24. The van der Waals surface area contributed by atoms with Crippen LogP contribution in [0.5, 0.6) is 0 Å². The second-order valence-corrected chi connectivity index (χ2v) is 6.67. The van der Waals surface area contributed by atoms with E-state index in [0.717, 1.165) is 6.42 Å². The van der Waals surface area contributed by atoms with Crippen LogP contribution in [0.25, 0.3) is 0 Å². The summed E-state index contributed by atoms with van der Waals surface area (Å²) < 4.78 is 13.4. The number of aliphatic hydroxyl groups is 2. The number of rotatable bonds is 6. The summed E-state index contributed by atoms with van der Waals surface area (Å²) in [6.45, 7) is 2.46. The summed E-state index contributed by atoms with van der Waals surface area (Å²) in [5, 5.41) is 18.9. The van der Waals surface area contributed by atoms with Crippen molar-refractivity contribution in [3.8, 4) is 0 Å². The number of anilines is 1. The van der Waals surface area contributed by atoms with Crippen molar-refractivity contribution in [1.82, 2.24) is 4.90 Å². The van der Waals surface area contributed by atoms with E-state index < -0.39 is 5.41 Å². The number of carbonyl (C=O) groups excluding carboxylic acids is 1. The Labute approximate surface area is 136 Å². The number of nitrogens with zero attached hydrogens (tertiary/aromatic N) is 2. The Kier molecular flexibility index (Phi) is 5.73. The second-order valence-electron chi connectivity index (χ2n) is 6.67. The molecule has 5 nitrogen and oxygen atoms in total. The maximum absolute atomic E-state index is 13.4. The molecule has 1 amide bonds. The van der Waals surface area contributed by atoms with E-state index in [4.69, 9.17) is 0 Å². The predicted molar refractivity (Wildman–Crippen MR) is 86.7 cm³/mol. The zero-order valence-corrected chi connectivity index (χ0v) is 13.7. The molecule has 1 fully saturated rings. The molecule has 0 spiro atoms. The standard InChI is InChI=1S/C17H25FN2O3/c1-17(11-21,12-22)10-19(2)15-7-4-8-20(16(15)23)14-6-3-5-13(18)9-14/h3,5-6,9,15,21-22H,4,7-8,10-12H2,1-2H3. The molecule has 23 heavy (non-hydrogen) atoms. The number of halogens is 1. The zero-order chi connectivity index (χ0) is 17.0. The number of benzene rings is 1. The fourth-order valence-corrected chi connectivity index (χ4v) is 3.03. The van der Waals surface area contributed by atoms with E-state index in [-0.39, 0.29) is 31.0 Å². The number of amides is 1. The van der Waals surface area contributed by atoms with Crippen molar-refractivity contribution in [2.24, 2.45) is 5.41 Å². The minimum atomic E-state index is -0.657. The molecule has 1 aliphatic rings. The third kappa shape index (κ3) is 4.07. The van der Waals surface area contributed by atoms with Gasteiger partial charge in [0, 0.05) is 24.2 Å². The van der Waals surface area contributed by atoms with Crippen molar-refractivity contribution >= 4 is 11.6 Å². The molecule has 1 atom stereocenters. The van der Waals surface area contributed by atoms with Gasteiger partial charge in [-0.05, 0) is 38.1 Å². The lowest BCUT2D eigenvalue weighted by atomic mass is 9.91. The monoisotopic (exact) mass is 324 g/mol. The van der Waals surface area contributed by atoms with E-state index >= 15 is 0 Å². The van der Waals surface area contributed by atoms with Crippen LogP contribution in [0.2, 0.25) is 0 Å². The highest BCUT2D eigenvalue weighted by Gasteiger charge is 2.35. The smallest absolute Gasteiger partial charge is 0.244 e. The fraction of sp³-hybridized carbons (Fsp3) is 0.588. The molecule has 1 aliphatic heterocycles. The van der Waals surface area contributed by atoms with Crippen molar-refractivity contribution in [1.29, 1.82) is 0 Å². The Morgan fingerprint density at radius 3 is 2.70 bits per heavy atom. The van der Waals surface area contributed by atoms with Crippen molar-refractivity contribution in [2.75, 3.05) is 38.3 Å². The summed E-state index contributed by atoms with van der Waals surface area (Å²) in [6.07, 6.45) is 1.54. The lowest BCUT2D eigenvalue weighted by Crippen LogP contribution is -2.54. The first-order valence-electron chi connectivity index (χ1n) is 7.89. The van der Waals surface area contributed by atoms with Crippen LogP contribution in [0, 0.1) is 11.2 Å². The van der Waals surface area contributed by atoms with Gasteiger partial charge < -0.3 is 15.1 Å². The minimum absolute atomic E-state index is 0.0671. The van der Waals surface area contributed by atoms with Gasteiger partial charge in [0.05, 0.1) is 19.3 Å². The fourth-order valence-electron chi connectivity index (χ4n) is 3.03. The maximum atomic E-state index is 13.4. The molecule has 128 valence electrons. The molecule has 0 aliphatic carbocycles. The molecule has 1 heterocycles. The normalized spacial score (nSPS) is 19.5. The van der Waals surface area contributed by atoms with Crippen LogP contribution in [0.3, 0.4) is 0 Å². The van der Waals surface area contributed by atoms with Gasteiger partial charge in [-0.1, -0.05) is 13.0 Å². The number of piperidine rings is 1. The summed E-state index contributed by atoms with van der Waals surface area (Å²) in [5.74, 6) is -0.429. The Morgan fingerprint density at radius 2 is 2.09 bits per heavy atom. The highest BCUT2D eigenvalue weighted by atomic mass is 19.1. The Morgan fingerprint density at radius 1 is 1.39 bits per heavy atom. The van der Waals surface area contributed by atoms with E-state index in [9.17, 15) is 19.4 Å². The number of likely N-dealkylation sites (N-methyl/N-ethyl adjacent to an activating group) is 1. The summed E-state index contributed by atoms with van der Waals surface area (Å²) in [4.78, 5) is 16.3. The highest BCUT2D eigenvalue weighted by Crippen LogP contribution is 2.26. The lowest BCUT2D eigenvalue weighted by Gasteiger charge is -2.40.